The first-order valence-electron chi connectivity index (χ1n) is 7.21. The average molecular weight is 265 g/mol. The molecule has 0 bridgehead atoms. The molecule has 1 fully saturated rings. The van der Waals surface area contributed by atoms with E-state index in [9.17, 15) is 4.79 Å². The van der Waals surface area contributed by atoms with Crippen LogP contribution < -0.4 is 0 Å². The molecule has 0 N–H and O–H groups in total. The van der Waals surface area contributed by atoms with Crippen molar-refractivity contribution in [2.45, 2.75) is 19.8 Å². The number of amides is 1. The Morgan fingerprint density at radius 1 is 1.00 bits per heavy atom. The number of hydrogen-bond donors (Lipinski definition) is 0. The van der Waals surface area contributed by atoms with Crippen molar-refractivity contribution >= 4 is 5.91 Å². The molecule has 2 aromatic carbocycles. The smallest absolute Gasteiger partial charge is 0.254 e. The molecule has 0 aliphatic carbocycles. The van der Waals surface area contributed by atoms with Crippen LogP contribution in [0.15, 0.2) is 48.5 Å². The maximum atomic E-state index is 12.7. The summed E-state index contributed by atoms with van der Waals surface area (Å²) in [6.45, 7) is 3.85. The fourth-order valence-corrected chi connectivity index (χ4v) is 2.79. The van der Waals surface area contributed by atoms with E-state index in [4.69, 9.17) is 0 Å². The van der Waals surface area contributed by atoms with E-state index >= 15 is 0 Å². The van der Waals surface area contributed by atoms with Crippen LogP contribution >= 0.6 is 0 Å². The quantitative estimate of drug-likeness (QED) is 0.806. The molecule has 2 nitrogen and oxygen atoms in total. The largest absolute Gasteiger partial charge is 0.339 e. The Hall–Kier alpha value is -2.09. The molecule has 1 saturated heterocycles. The third kappa shape index (κ3) is 2.46. The van der Waals surface area contributed by atoms with Crippen molar-refractivity contribution in [2.24, 2.45) is 0 Å². The molecule has 0 aromatic heterocycles. The number of carbonyl (C=O) groups is 1. The molecule has 3 rings (SSSR count). The highest BCUT2D eigenvalue weighted by molar-refractivity contribution is 6.01. The second-order valence-corrected chi connectivity index (χ2v) is 5.41. The molecule has 0 atom stereocenters. The summed E-state index contributed by atoms with van der Waals surface area (Å²) >= 11 is 0. The van der Waals surface area contributed by atoms with Crippen molar-refractivity contribution in [1.82, 2.24) is 4.90 Å². The Labute approximate surface area is 120 Å². The molecule has 1 aliphatic rings. The lowest BCUT2D eigenvalue weighted by Gasteiger charge is -2.18. The number of likely N-dealkylation sites (tertiary alicyclic amines) is 1. The van der Waals surface area contributed by atoms with E-state index < -0.39 is 0 Å². The maximum absolute atomic E-state index is 12.7. The normalized spacial score (nSPS) is 14.6. The fraction of sp³-hybridized carbons (Fsp3) is 0.278. The number of rotatable bonds is 2. The van der Waals surface area contributed by atoms with Gasteiger partial charge in [-0.3, -0.25) is 4.79 Å². The van der Waals surface area contributed by atoms with Gasteiger partial charge in [-0.2, -0.15) is 0 Å². The molecule has 20 heavy (non-hydrogen) atoms. The van der Waals surface area contributed by atoms with Gasteiger partial charge >= 0.3 is 0 Å². The predicted molar refractivity (Wildman–Crippen MR) is 81.8 cm³/mol. The standard InChI is InChI=1S/C18H19NO/c1-14-9-10-16(18(20)19-11-5-6-12-19)17(13-14)15-7-3-2-4-8-15/h2-4,7-10,13H,5-6,11-12H2,1H3. The van der Waals surface area contributed by atoms with Gasteiger partial charge in [-0.25, -0.2) is 0 Å². The van der Waals surface area contributed by atoms with Crippen LogP contribution in [0.5, 0.6) is 0 Å². The van der Waals surface area contributed by atoms with Crippen LogP contribution in [0.1, 0.15) is 28.8 Å². The molecule has 0 saturated carbocycles. The molecule has 102 valence electrons. The lowest BCUT2D eigenvalue weighted by Crippen LogP contribution is -2.28. The van der Waals surface area contributed by atoms with Gasteiger partial charge in [0.05, 0.1) is 0 Å². The summed E-state index contributed by atoms with van der Waals surface area (Å²) in [6, 6.07) is 16.3. The second kappa shape index (κ2) is 5.49. The Morgan fingerprint density at radius 2 is 1.70 bits per heavy atom. The number of hydrogen-bond acceptors (Lipinski definition) is 1. The zero-order valence-electron chi connectivity index (χ0n) is 11.8. The van der Waals surface area contributed by atoms with E-state index in [1.165, 1.54) is 5.56 Å². The molecule has 1 aliphatic heterocycles. The number of carbonyl (C=O) groups excluding carboxylic acids is 1. The third-order valence-electron chi connectivity index (χ3n) is 3.88. The summed E-state index contributed by atoms with van der Waals surface area (Å²) in [4.78, 5) is 14.6. The first-order chi connectivity index (χ1) is 9.75. The number of benzene rings is 2. The summed E-state index contributed by atoms with van der Waals surface area (Å²) in [7, 11) is 0. The molecule has 1 amide bonds. The van der Waals surface area contributed by atoms with E-state index in [1.54, 1.807) is 0 Å². The lowest BCUT2D eigenvalue weighted by molar-refractivity contribution is 0.0793. The highest BCUT2D eigenvalue weighted by Crippen LogP contribution is 2.27. The van der Waals surface area contributed by atoms with E-state index in [1.807, 2.05) is 35.2 Å². The van der Waals surface area contributed by atoms with Crippen LogP contribution in [0.3, 0.4) is 0 Å². The van der Waals surface area contributed by atoms with Gasteiger partial charge in [0.15, 0.2) is 0 Å². The summed E-state index contributed by atoms with van der Waals surface area (Å²) in [5.41, 5.74) is 4.16. The van der Waals surface area contributed by atoms with E-state index in [-0.39, 0.29) is 5.91 Å². The van der Waals surface area contributed by atoms with Gasteiger partial charge < -0.3 is 4.90 Å². The molecule has 2 heteroatoms. The zero-order valence-corrected chi connectivity index (χ0v) is 11.8. The topological polar surface area (TPSA) is 20.3 Å². The summed E-state index contributed by atoms with van der Waals surface area (Å²) in [5.74, 6) is 0.168. The lowest BCUT2D eigenvalue weighted by atomic mass is 9.97. The summed E-state index contributed by atoms with van der Waals surface area (Å²) in [5, 5.41) is 0. The molecular formula is C18H19NO. The van der Waals surface area contributed by atoms with Gasteiger partial charge in [-0.05, 0) is 37.0 Å². The van der Waals surface area contributed by atoms with Gasteiger partial charge in [0.1, 0.15) is 0 Å². The molecule has 2 aromatic rings. The number of nitrogens with zero attached hydrogens (tertiary/aromatic N) is 1. The van der Waals surface area contributed by atoms with Crippen molar-refractivity contribution in [3.63, 3.8) is 0 Å². The Balaban J connectivity index is 2.04. The van der Waals surface area contributed by atoms with E-state index in [0.29, 0.717) is 0 Å². The molecule has 0 radical (unpaired) electrons. The van der Waals surface area contributed by atoms with Crippen molar-refractivity contribution in [2.75, 3.05) is 13.1 Å². The van der Waals surface area contributed by atoms with Crippen molar-refractivity contribution in [1.29, 1.82) is 0 Å². The Kier molecular flexibility index (Phi) is 3.55. The van der Waals surface area contributed by atoms with Gasteiger partial charge in [-0.1, -0.05) is 48.0 Å². The van der Waals surface area contributed by atoms with E-state index in [2.05, 4.69) is 25.1 Å². The fourth-order valence-electron chi connectivity index (χ4n) is 2.79. The second-order valence-electron chi connectivity index (χ2n) is 5.41. The van der Waals surface area contributed by atoms with Crippen LogP contribution in [-0.4, -0.2) is 23.9 Å². The third-order valence-corrected chi connectivity index (χ3v) is 3.88. The van der Waals surface area contributed by atoms with Crippen LogP contribution in [0.25, 0.3) is 11.1 Å². The molecule has 1 heterocycles. The van der Waals surface area contributed by atoms with Crippen LogP contribution in [0.2, 0.25) is 0 Å². The maximum Gasteiger partial charge on any atom is 0.254 e. The highest BCUT2D eigenvalue weighted by atomic mass is 16.2. The average Bonchev–Trinajstić information content (AvgIpc) is 3.02. The number of aryl methyl sites for hydroxylation is 1. The van der Waals surface area contributed by atoms with Gasteiger partial charge in [0, 0.05) is 18.7 Å². The Bertz CT molecular complexity index is 613. The predicted octanol–water partition coefficient (Wildman–Crippen LogP) is 3.90. The van der Waals surface area contributed by atoms with Crippen LogP contribution in [0.4, 0.5) is 0 Å². The first-order valence-corrected chi connectivity index (χ1v) is 7.21. The van der Waals surface area contributed by atoms with Gasteiger partial charge in [-0.15, -0.1) is 0 Å². The van der Waals surface area contributed by atoms with Crippen molar-refractivity contribution in [3.8, 4) is 11.1 Å². The van der Waals surface area contributed by atoms with Gasteiger partial charge in [0.25, 0.3) is 5.91 Å². The zero-order chi connectivity index (χ0) is 13.9. The van der Waals surface area contributed by atoms with Gasteiger partial charge in [0.2, 0.25) is 0 Å². The minimum absolute atomic E-state index is 0.168. The first kappa shape index (κ1) is 12.9. The monoisotopic (exact) mass is 265 g/mol. The molecule has 0 unspecified atom stereocenters. The van der Waals surface area contributed by atoms with Crippen LogP contribution in [0, 0.1) is 6.92 Å². The summed E-state index contributed by atoms with van der Waals surface area (Å²) < 4.78 is 0. The van der Waals surface area contributed by atoms with Crippen molar-refractivity contribution < 1.29 is 4.79 Å². The minimum Gasteiger partial charge on any atom is -0.339 e. The Morgan fingerprint density at radius 3 is 2.40 bits per heavy atom. The van der Waals surface area contributed by atoms with Crippen LogP contribution in [-0.2, 0) is 0 Å². The minimum atomic E-state index is 0.168. The SMILES string of the molecule is Cc1ccc(C(=O)N2CCCC2)c(-c2ccccc2)c1. The van der Waals surface area contributed by atoms with Crippen molar-refractivity contribution in [3.05, 3.63) is 59.7 Å². The highest BCUT2D eigenvalue weighted by Gasteiger charge is 2.22. The summed E-state index contributed by atoms with van der Waals surface area (Å²) in [6.07, 6.45) is 2.25. The molecule has 0 spiro atoms. The van der Waals surface area contributed by atoms with E-state index in [0.717, 1.165) is 42.6 Å². The molecular weight excluding hydrogens is 246 g/mol.